The molecule has 0 spiro atoms. The summed E-state index contributed by atoms with van der Waals surface area (Å²) in [7, 11) is 1.36. The first kappa shape index (κ1) is 10.1. The van der Waals surface area contributed by atoms with Crippen molar-refractivity contribution in [2.24, 2.45) is 0 Å². The molecule has 0 saturated heterocycles. The minimum atomic E-state index is -0.262. The molecule has 0 N–H and O–H groups in total. The molecule has 0 aliphatic heterocycles. The van der Waals surface area contributed by atoms with Gasteiger partial charge in [-0.05, 0) is 34.1 Å². The maximum absolute atomic E-state index is 10.7. The van der Waals surface area contributed by atoms with Crippen LogP contribution in [0.15, 0.2) is 27.3 Å². The second-order valence-corrected chi connectivity index (χ2v) is 3.11. The van der Waals surface area contributed by atoms with Crippen LogP contribution in [0.4, 0.5) is 0 Å². The lowest BCUT2D eigenvalue weighted by Crippen LogP contribution is -1.96. The van der Waals surface area contributed by atoms with Crippen molar-refractivity contribution >= 4 is 28.0 Å². The van der Waals surface area contributed by atoms with Crippen LogP contribution in [0, 0.1) is 0 Å². The van der Waals surface area contributed by atoms with E-state index in [0.29, 0.717) is 10.4 Å². The molecule has 0 fully saturated rings. The third kappa shape index (κ3) is 3.46. The van der Waals surface area contributed by atoms with Crippen LogP contribution in [0.5, 0.6) is 0 Å². The Hall–Kier alpha value is -1.03. The predicted molar refractivity (Wildman–Crippen MR) is 52.1 cm³/mol. The van der Waals surface area contributed by atoms with Gasteiger partial charge >= 0.3 is 5.97 Å². The molecule has 0 aromatic carbocycles. The maximum Gasteiger partial charge on any atom is 0.309 e. The van der Waals surface area contributed by atoms with E-state index in [2.05, 4.69) is 20.7 Å². The smallest absolute Gasteiger partial charge is 0.309 e. The molecule has 0 aliphatic carbocycles. The van der Waals surface area contributed by atoms with Crippen LogP contribution < -0.4 is 0 Å². The Bertz CT molecular complexity index is 314. The van der Waals surface area contributed by atoms with Crippen molar-refractivity contribution < 1.29 is 13.9 Å². The number of rotatable bonds is 3. The lowest BCUT2D eigenvalue weighted by molar-refractivity contribution is -0.139. The second-order valence-electron chi connectivity index (χ2n) is 2.32. The van der Waals surface area contributed by atoms with E-state index in [0.717, 1.165) is 0 Å². The second kappa shape index (κ2) is 4.87. The topological polar surface area (TPSA) is 39.4 Å². The van der Waals surface area contributed by atoms with Crippen LogP contribution in [0.25, 0.3) is 6.08 Å². The summed E-state index contributed by atoms with van der Waals surface area (Å²) >= 11 is 3.17. The molecule has 1 rings (SSSR count). The molecular weight excluding hydrogens is 236 g/mol. The fourth-order valence-corrected chi connectivity index (χ4v) is 1.09. The number of ether oxygens (including phenoxy) is 1. The van der Waals surface area contributed by atoms with E-state index in [9.17, 15) is 4.79 Å². The van der Waals surface area contributed by atoms with E-state index >= 15 is 0 Å². The third-order valence-corrected chi connectivity index (χ3v) is 1.81. The van der Waals surface area contributed by atoms with Crippen molar-refractivity contribution in [1.29, 1.82) is 0 Å². The number of carbonyl (C=O) groups is 1. The van der Waals surface area contributed by atoms with Gasteiger partial charge in [0.25, 0.3) is 0 Å². The number of carbonyl (C=O) groups excluding carboxylic acids is 1. The van der Waals surface area contributed by atoms with E-state index in [1.54, 1.807) is 24.3 Å². The molecule has 0 atom stereocenters. The Balaban J connectivity index is 2.45. The zero-order chi connectivity index (χ0) is 9.68. The van der Waals surface area contributed by atoms with E-state index in [1.807, 2.05) is 0 Å². The van der Waals surface area contributed by atoms with Crippen LogP contribution in [-0.4, -0.2) is 13.1 Å². The quantitative estimate of drug-likeness (QED) is 0.768. The van der Waals surface area contributed by atoms with Crippen molar-refractivity contribution in [3.05, 3.63) is 28.6 Å². The highest BCUT2D eigenvalue weighted by molar-refractivity contribution is 9.10. The highest BCUT2D eigenvalue weighted by atomic mass is 79.9. The summed E-state index contributed by atoms with van der Waals surface area (Å²) in [5, 5.41) is 0. The van der Waals surface area contributed by atoms with E-state index in [4.69, 9.17) is 4.42 Å². The normalized spacial score (nSPS) is 10.6. The molecule has 0 unspecified atom stereocenters. The minimum absolute atomic E-state index is 0.259. The fraction of sp³-hybridized carbons (Fsp3) is 0.222. The molecular formula is C9H9BrO3. The van der Waals surface area contributed by atoms with Gasteiger partial charge in [0.1, 0.15) is 5.76 Å². The fourth-order valence-electron chi connectivity index (χ4n) is 0.772. The van der Waals surface area contributed by atoms with Gasteiger partial charge in [0, 0.05) is 0 Å². The molecule has 0 saturated carbocycles. The zero-order valence-electron chi connectivity index (χ0n) is 7.12. The standard InChI is InChI=1S/C9H9BrO3/c1-12-9(11)4-2-3-7-5-6-8(10)13-7/h2-3,5-6H,4H2,1H3/b3-2-. The Morgan fingerprint density at radius 2 is 2.46 bits per heavy atom. The summed E-state index contributed by atoms with van der Waals surface area (Å²) in [6.45, 7) is 0. The van der Waals surface area contributed by atoms with Crippen LogP contribution in [0.3, 0.4) is 0 Å². The van der Waals surface area contributed by atoms with Gasteiger partial charge in [-0.2, -0.15) is 0 Å². The molecule has 4 heteroatoms. The molecule has 0 bridgehead atoms. The maximum atomic E-state index is 10.7. The Labute approximate surface area is 84.5 Å². The van der Waals surface area contributed by atoms with Gasteiger partial charge in [-0.25, -0.2) is 0 Å². The molecule has 1 aromatic heterocycles. The summed E-state index contributed by atoms with van der Waals surface area (Å²) in [6, 6.07) is 3.59. The average molecular weight is 245 g/mol. The Morgan fingerprint density at radius 3 is 3.00 bits per heavy atom. The predicted octanol–water partition coefficient (Wildman–Crippen LogP) is 2.62. The van der Waals surface area contributed by atoms with Crippen molar-refractivity contribution in [2.45, 2.75) is 6.42 Å². The monoisotopic (exact) mass is 244 g/mol. The largest absolute Gasteiger partial charge is 0.469 e. The molecule has 1 aromatic rings. The van der Waals surface area contributed by atoms with Crippen LogP contribution in [0.1, 0.15) is 12.2 Å². The molecule has 13 heavy (non-hydrogen) atoms. The third-order valence-electron chi connectivity index (χ3n) is 1.39. The lowest BCUT2D eigenvalue weighted by Gasteiger charge is -1.90. The summed E-state index contributed by atoms with van der Waals surface area (Å²) in [5.41, 5.74) is 0. The van der Waals surface area contributed by atoms with Crippen LogP contribution in [0.2, 0.25) is 0 Å². The first-order chi connectivity index (χ1) is 6.22. The van der Waals surface area contributed by atoms with E-state index in [1.165, 1.54) is 7.11 Å². The molecule has 0 amide bonds. The summed E-state index contributed by atoms with van der Waals surface area (Å²) < 4.78 is 10.3. The summed E-state index contributed by atoms with van der Waals surface area (Å²) in [5.74, 6) is 0.442. The minimum Gasteiger partial charge on any atom is -0.469 e. The number of furan rings is 1. The highest BCUT2D eigenvalue weighted by Crippen LogP contribution is 2.15. The van der Waals surface area contributed by atoms with Gasteiger partial charge in [-0.1, -0.05) is 6.08 Å². The molecule has 3 nitrogen and oxygen atoms in total. The van der Waals surface area contributed by atoms with Gasteiger partial charge in [-0.15, -0.1) is 0 Å². The Morgan fingerprint density at radius 1 is 1.69 bits per heavy atom. The zero-order valence-corrected chi connectivity index (χ0v) is 8.71. The molecule has 0 radical (unpaired) electrons. The van der Waals surface area contributed by atoms with Gasteiger partial charge in [0.05, 0.1) is 13.5 Å². The molecule has 1 heterocycles. The molecule has 0 aliphatic rings. The van der Waals surface area contributed by atoms with Crippen molar-refractivity contribution in [3.63, 3.8) is 0 Å². The van der Waals surface area contributed by atoms with Gasteiger partial charge < -0.3 is 9.15 Å². The summed E-state index contributed by atoms with van der Waals surface area (Å²) in [4.78, 5) is 10.7. The van der Waals surface area contributed by atoms with Crippen molar-refractivity contribution in [2.75, 3.05) is 7.11 Å². The SMILES string of the molecule is COC(=O)C/C=C\c1ccc(Br)o1. The van der Waals surface area contributed by atoms with Crippen LogP contribution in [-0.2, 0) is 9.53 Å². The number of methoxy groups -OCH3 is 1. The van der Waals surface area contributed by atoms with Crippen molar-refractivity contribution in [3.8, 4) is 0 Å². The van der Waals surface area contributed by atoms with E-state index in [-0.39, 0.29) is 12.4 Å². The van der Waals surface area contributed by atoms with Gasteiger partial charge in [0.2, 0.25) is 0 Å². The Kier molecular flexibility index (Phi) is 3.76. The lowest BCUT2D eigenvalue weighted by atomic mass is 10.3. The first-order valence-corrected chi connectivity index (χ1v) is 4.50. The number of esters is 1. The first-order valence-electron chi connectivity index (χ1n) is 3.71. The number of halogens is 1. The van der Waals surface area contributed by atoms with Crippen LogP contribution >= 0.6 is 15.9 Å². The summed E-state index contributed by atoms with van der Waals surface area (Å²) in [6.07, 6.45) is 3.67. The van der Waals surface area contributed by atoms with E-state index < -0.39 is 0 Å². The molecule has 70 valence electrons. The van der Waals surface area contributed by atoms with Gasteiger partial charge in [0.15, 0.2) is 4.67 Å². The van der Waals surface area contributed by atoms with Crippen molar-refractivity contribution in [1.82, 2.24) is 0 Å². The number of hydrogen-bond donors (Lipinski definition) is 0. The average Bonchev–Trinajstić information content (AvgIpc) is 2.51. The van der Waals surface area contributed by atoms with Gasteiger partial charge in [-0.3, -0.25) is 4.79 Å². The highest BCUT2D eigenvalue weighted by Gasteiger charge is 1.96. The number of hydrogen-bond acceptors (Lipinski definition) is 3.